The van der Waals surface area contributed by atoms with Crippen LogP contribution < -0.4 is 10.2 Å². The molecule has 0 bridgehead atoms. The van der Waals surface area contributed by atoms with Crippen molar-refractivity contribution in [2.24, 2.45) is 0 Å². The van der Waals surface area contributed by atoms with Crippen LogP contribution in [0.1, 0.15) is 13.8 Å². The SMILES string of the molecule is C=C(C)CN(CC)C(=O)C[NH+](C)CC(=O)Nc1ccc(Cl)cc1. The molecular weight excluding hydrogens is 314 g/mol. The Labute approximate surface area is 142 Å². The number of likely N-dealkylation sites (N-methyl/N-ethyl adjacent to an activating group) is 2. The molecule has 23 heavy (non-hydrogen) atoms. The minimum absolute atomic E-state index is 0.0206. The Morgan fingerprint density at radius 2 is 1.87 bits per heavy atom. The van der Waals surface area contributed by atoms with E-state index >= 15 is 0 Å². The molecule has 1 rings (SSSR count). The molecule has 0 fully saturated rings. The molecule has 0 aliphatic heterocycles. The van der Waals surface area contributed by atoms with Gasteiger partial charge in [-0.15, -0.1) is 0 Å². The van der Waals surface area contributed by atoms with Gasteiger partial charge in [-0.3, -0.25) is 9.59 Å². The average Bonchev–Trinajstić information content (AvgIpc) is 2.46. The fraction of sp³-hybridized carbons (Fsp3) is 0.412. The number of carbonyl (C=O) groups excluding carboxylic acids is 2. The molecule has 0 saturated heterocycles. The fourth-order valence-corrected chi connectivity index (χ4v) is 2.27. The monoisotopic (exact) mass is 338 g/mol. The van der Waals surface area contributed by atoms with Crippen molar-refractivity contribution in [1.82, 2.24) is 4.90 Å². The molecule has 2 N–H and O–H groups in total. The molecule has 0 aliphatic carbocycles. The zero-order valence-corrected chi connectivity index (χ0v) is 14.7. The van der Waals surface area contributed by atoms with Gasteiger partial charge in [0.25, 0.3) is 11.8 Å². The van der Waals surface area contributed by atoms with Gasteiger partial charge in [0.1, 0.15) is 0 Å². The van der Waals surface area contributed by atoms with Crippen molar-refractivity contribution < 1.29 is 14.5 Å². The number of carbonyl (C=O) groups is 2. The van der Waals surface area contributed by atoms with Crippen molar-refractivity contribution in [2.45, 2.75) is 13.8 Å². The third-order valence-corrected chi connectivity index (χ3v) is 3.49. The number of halogens is 1. The van der Waals surface area contributed by atoms with Crippen LogP contribution in [0.3, 0.4) is 0 Å². The van der Waals surface area contributed by atoms with Gasteiger partial charge in [0.05, 0.1) is 7.05 Å². The summed E-state index contributed by atoms with van der Waals surface area (Å²) in [5.41, 5.74) is 1.63. The molecular formula is C17H25ClN3O2+. The Morgan fingerprint density at radius 1 is 1.26 bits per heavy atom. The maximum Gasteiger partial charge on any atom is 0.279 e. The summed E-state index contributed by atoms with van der Waals surface area (Å²) in [6.45, 7) is 9.34. The van der Waals surface area contributed by atoms with Crippen LogP contribution in [0.5, 0.6) is 0 Å². The van der Waals surface area contributed by atoms with E-state index in [9.17, 15) is 9.59 Å². The number of benzene rings is 1. The van der Waals surface area contributed by atoms with Crippen molar-refractivity contribution in [2.75, 3.05) is 38.5 Å². The number of hydrogen-bond acceptors (Lipinski definition) is 2. The Bertz CT molecular complexity index is 557. The van der Waals surface area contributed by atoms with E-state index in [0.29, 0.717) is 23.8 Å². The van der Waals surface area contributed by atoms with E-state index in [-0.39, 0.29) is 24.9 Å². The van der Waals surface area contributed by atoms with Crippen LogP contribution in [0.25, 0.3) is 0 Å². The van der Waals surface area contributed by atoms with Crippen LogP contribution in [0.2, 0.25) is 5.02 Å². The van der Waals surface area contributed by atoms with E-state index in [1.807, 2.05) is 20.9 Å². The maximum absolute atomic E-state index is 12.2. The molecule has 1 unspecified atom stereocenters. The first-order valence-corrected chi connectivity index (χ1v) is 7.98. The van der Waals surface area contributed by atoms with Gasteiger partial charge in [0.15, 0.2) is 13.1 Å². The summed E-state index contributed by atoms with van der Waals surface area (Å²) in [6, 6.07) is 6.92. The van der Waals surface area contributed by atoms with Gasteiger partial charge < -0.3 is 15.1 Å². The van der Waals surface area contributed by atoms with Crippen LogP contribution in [-0.2, 0) is 9.59 Å². The number of amides is 2. The summed E-state index contributed by atoms with van der Waals surface area (Å²) < 4.78 is 0. The van der Waals surface area contributed by atoms with Gasteiger partial charge in [-0.1, -0.05) is 23.8 Å². The van der Waals surface area contributed by atoms with Crippen molar-refractivity contribution in [3.8, 4) is 0 Å². The minimum atomic E-state index is -0.138. The first kappa shape index (κ1) is 19.2. The summed E-state index contributed by atoms with van der Waals surface area (Å²) in [5, 5.41) is 3.41. The number of nitrogens with one attached hydrogen (secondary N) is 2. The molecule has 0 spiro atoms. The first-order chi connectivity index (χ1) is 10.8. The number of hydrogen-bond donors (Lipinski definition) is 2. The summed E-state index contributed by atoms with van der Waals surface area (Å²) in [5.74, 6) is -0.118. The first-order valence-electron chi connectivity index (χ1n) is 7.60. The zero-order valence-electron chi connectivity index (χ0n) is 14.0. The predicted octanol–water partition coefficient (Wildman–Crippen LogP) is 1.22. The summed E-state index contributed by atoms with van der Waals surface area (Å²) >= 11 is 5.80. The average molecular weight is 339 g/mol. The van der Waals surface area contributed by atoms with Gasteiger partial charge in [0.2, 0.25) is 0 Å². The highest BCUT2D eigenvalue weighted by Gasteiger charge is 2.18. The molecule has 0 aromatic heterocycles. The standard InChI is InChI=1S/C17H24ClN3O2/c1-5-21(10-13(2)3)17(23)12-20(4)11-16(22)19-15-8-6-14(18)7-9-15/h6-9H,2,5,10-12H2,1,3-4H3,(H,19,22)/p+1. The van der Waals surface area contributed by atoms with Crippen LogP contribution in [0.15, 0.2) is 36.4 Å². The molecule has 2 amide bonds. The molecule has 5 nitrogen and oxygen atoms in total. The van der Waals surface area contributed by atoms with Crippen molar-refractivity contribution in [3.05, 3.63) is 41.4 Å². The topological polar surface area (TPSA) is 53.9 Å². The van der Waals surface area contributed by atoms with Crippen molar-refractivity contribution in [3.63, 3.8) is 0 Å². The summed E-state index contributed by atoms with van der Waals surface area (Å²) in [4.78, 5) is 26.8. The molecule has 1 atom stereocenters. The smallest absolute Gasteiger partial charge is 0.279 e. The minimum Gasteiger partial charge on any atom is -0.334 e. The lowest BCUT2D eigenvalue weighted by Gasteiger charge is -2.22. The number of nitrogens with zero attached hydrogens (tertiary/aromatic N) is 1. The molecule has 1 aromatic carbocycles. The Morgan fingerprint density at radius 3 is 2.39 bits per heavy atom. The normalized spacial score (nSPS) is 11.7. The lowest BCUT2D eigenvalue weighted by atomic mass is 10.3. The number of quaternary nitrogens is 1. The van der Waals surface area contributed by atoms with E-state index in [1.165, 1.54) is 0 Å². The Kier molecular flexibility index (Phi) is 7.78. The van der Waals surface area contributed by atoms with E-state index in [0.717, 1.165) is 10.5 Å². The van der Waals surface area contributed by atoms with Gasteiger partial charge in [-0.2, -0.15) is 0 Å². The van der Waals surface area contributed by atoms with Crippen molar-refractivity contribution >= 4 is 29.1 Å². The largest absolute Gasteiger partial charge is 0.334 e. The number of rotatable bonds is 8. The molecule has 0 aliphatic rings. The predicted molar refractivity (Wildman–Crippen MR) is 93.8 cm³/mol. The molecule has 1 aromatic rings. The highest BCUT2D eigenvalue weighted by molar-refractivity contribution is 6.30. The Hall–Kier alpha value is -1.85. The third kappa shape index (κ3) is 7.30. The van der Waals surface area contributed by atoms with Crippen molar-refractivity contribution in [1.29, 1.82) is 0 Å². The molecule has 0 saturated carbocycles. The molecule has 0 radical (unpaired) electrons. The highest BCUT2D eigenvalue weighted by atomic mass is 35.5. The zero-order chi connectivity index (χ0) is 17.4. The second kappa shape index (κ2) is 9.33. The van der Waals surface area contributed by atoms with Gasteiger partial charge in [-0.25, -0.2) is 0 Å². The van der Waals surface area contributed by atoms with E-state index < -0.39 is 0 Å². The lowest BCUT2D eigenvalue weighted by Crippen LogP contribution is -3.11. The van der Waals surface area contributed by atoms with Gasteiger partial charge >= 0.3 is 0 Å². The molecule has 6 heteroatoms. The van der Waals surface area contributed by atoms with Gasteiger partial charge in [0, 0.05) is 23.8 Å². The number of anilines is 1. The second-order valence-corrected chi connectivity index (χ2v) is 6.17. The van der Waals surface area contributed by atoms with E-state index in [4.69, 9.17) is 11.6 Å². The second-order valence-electron chi connectivity index (χ2n) is 5.73. The Balaban J connectivity index is 2.46. The van der Waals surface area contributed by atoms with E-state index in [1.54, 1.807) is 29.2 Å². The van der Waals surface area contributed by atoms with Crippen LogP contribution >= 0.6 is 11.6 Å². The highest BCUT2D eigenvalue weighted by Crippen LogP contribution is 2.12. The van der Waals surface area contributed by atoms with Crippen LogP contribution in [-0.4, -0.2) is 49.9 Å². The molecule has 0 heterocycles. The van der Waals surface area contributed by atoms with Crippen LogP contribution in [0.4, 0.5) is 5.69 Å². The fourth-order valence-electron chi connectivity index (χ4n) is 2.15. The molecule has 126 valence electrons. The van der Waals surface area contributed by atoms with E-state index in [2.05, 4.69) is 11.9 Å². The van der Waals surface area contributed by atoms with Crippen LogP contribution in [0, 0.1) is 0 Å². The maximum atomic E-state index is 12.2. The lowest BCUT2D eigenvalue weighted by molar-refractivity contribution is -0.862. The quantitative estimate of drug-likeness (QED) is 0.700. The summed E-state index contributed by atoms with van der Waals surface area (Å²) in [7, 11) is 1.83. The summed E-state index contributed by atoms with van der Waals surface area (Å²) in [6.07, 6.45) is 0. The van der Waals surface area contributed by atoms with Gasteiger partial charge in [-0.05, 0) is 38.1 Å². The third-order valence-electron chi connectivity index (χ3n) is 3.24.